The van der Waals surface area contributed by atoms with Crippen molar-refractivity contribution < 1.29 is 9.13 Å². The Morgan fingerprint density at radius 3 is 2.79 bits per heavy atom. The summed E-state index contributed by atoms with van der Waals surface area (Å²) in [4.78, 5) is 12.6. The molecule has 10 heteroatoms. The minimum Gasteiger partial charge on any atom is -0.497 e. The van der Waals surface area contributed by atoms with E-state index in [0.717, 1.165) is 5.56 Å². The highest BCUT2D eigenvalue weighted by Crippen LogP contribution is 2.41. The van der Waals surface area contributed by atoms with Crippen LogP contribution in [0.15, 0.2) is 53.3 Å². The van der Waals surface area contributed by atoms with Crippen molar-refractivity contribution in [3.05, 3.63) is 75.8 Å². The van der Waals surface area contributed by atoms with E-state index in [1.54, 1.807) is 23.9 Å². The largest absolute Gasteiger partial charge is 0.497 e. The lowest BCUT2D eigenvalue weighted by Crippen LogP contribution is -2.29. The Bertz CT molecular complexity index is 1270. The van der Waals surface area contributed by atoms with E-state index in [0.29, 0.717) is 28.5 Å². The zero-order valence-corrected chi connectivity index (χ0v) is 15.1. The summed E-state index contributed by atoms with van der Waals surface area (Å²) in [6.07, 6.45) is 0. The van der Waals surface area contributed by atoms with Gasteiger partial charge in [-0.05, 0) is 52.4 Å². The van der Waals surface area contributed by atoms with E-state index in [-0.39, 0.29) is 11.5 Å². The molecule has 0 spiro atoms. The van der Waals surface area contributed by atoms with Crippen LogP contribution in [0.3, 0.4) is 0 Å². The van der Waals surface area contributed by atoms with Gasteiger partial charge in [0.05, 0.1) is 12.8 Å². The van der Waals surface area contributed by atoms with Crippen LogP contribution >= 0.6 is 0 Å². The fraction of sp³-hybridized carbons (Fsp3) is 0.105. The summed E-state index contributed by atoms with van der Waals surface area (Å²) in [6, 6.07) is 12.8. The second-order valence-corrected chi connectivity index (χ2v) is 6.45. The molecule has 0 aliphatic carbocycles. The summed E-state index contributed by atoms with van der Waals surface area (Å²) < 4.78 is 20.4. The molecule has 29 heavy (non-hydrogen) atoms. The number of hydrogen-bond acceptors (Lipinski definition) is 7. The van der Waals surface area contributed by atoms with Crippen LogP contribution in [0.1, 0.15) is 17.2 Å². The van der Waals surface area contributed by atoms with Crippen LogP contribution in [-0.4, -0.2) is 37.5 Å². The molecule has 0 radical (unpaired) electrons. The van der Waals surface area contributed by atoms with Crippen molar-refractivity contribution in [3.63, 3.8) is 0 Å². The first-order valence-electron chi connectivity index (χ1n) is 8.73. The van der Waals surface area contributed by atoms with Gasteiger partial charge in [-0.15, -0.1) is 0 Å². The molecule has 1 unspecified atom stereocenters. The van der Waals surface area contributed by atoms with Crippen molar-refractivity contribution in [2.75, 3.05) is 12.4 Å². The lowest BCUT2D eigenvalue weighted by molar-refractivity contribution is 0.413. The van der Waals surface area contributed by atoms with Gasteiger partial charge in [0.25, 0.3) is 5.56 Å². The molecule has 144 valence electrons. The molecule has 1 atom stereocenters. The summed E-state index contributed by atoms with van der Waals surface area (Å²) in [7, 11) is 1.58. The Kier molecular flexibility index (Phi) is 3.83. The predicted molar refractivity (Wildman–Crippen MR) is 102 cm³/mol. The molecular weight excluding hydrogens is 377 g/mol. The average molecular weight is 391 g/mol. The molecule has 5 rings (SSSR count). The van der Waals surface area contributed by atoms with Crippen molar-refractivity contribution in [3.8, 4) is 17.0 Å². The second kappa shape index (κ2) is 6.51. The van der Waals surface area contributed by atoms with E-state index in [1.165, 1.54) is 12.1 Å². The minimum absolute atomic E-state index is 0.287. The topological polar surface area (TPSA) is 111 Å². The maximum absolute atomic E-state index is 13.5. The van der Waals surface area contributed by atoms with E-state index in [1.807, 2.05) is 24.3 Å². The standard InChI is InChI=1S/C19H14FN7O2/c1-29-13-4-2-3-11(9-13)17-14-15(10-5-7-12(20)8-6-10)22-23-18(28)16(14)21-19-24-25-26-27(17)19/h2-9,17H,1H3,(H,23,28)(H,21,24,26). The lowest BCUT2D eigenvalue weighted by atomic mass is 9.92. The molecule has 0 saturated carbocycles. The number of aromatic amines is 1. The highest BCUT2D eigenvalue weighted by atomic mass is 19.1. The highest BCUT2D eigenvalue weighted by Gasteiger charge is 2.34. The molecule has 1 aliphatic heterocycles. The van der Waals surface area contributed by atoms with E-state index in [2.05, 4.69) is 31.0 Å². The molecule has 0 saturated heterocycles. The minimum atomic E-state index is -0.541. The number of anilines is 2. The van der Waals surface area contributed by atoms with Gasteiger partial charge in [-0.1, -0.05) is 17.2 Å². The van der Waals surface area contributed by atoms with Crippen LogP contribution in [0.4, 0.5) is 16.0 Å². The molecular formula is C19H14FN7O2. The molecule has 0 bridgehead atoms. The Morgan fingerprint density at radius 2 is 2.00 bits per heavy atom. The van der Waals surface area contributed by atoms with Crippen LogP contribution in [0, 0.1) is 5.82 Å². The van der Waals surface area contributed by atoms with Gasteiger partial charge in [0.1, 0.15) is 23.3 Å². The van der Waals surface area contributed by atoms with Crippen LogP contribution in [0.2, 0.25) is 0 Å². The third-order valence-electron chi connectivity index (χ3n) is 4.80. The van der Waals surface area contributed by atoms with E-state index in [4.69, 9.17) is 4.74 Å². The Labute approximate surface area is 163 Å². The van der Waals surface area contributed by atoms with Gasteiger partial charge in [0.15, 0.2) is 0 Å². The second-order valence-electron chi connectivity index (χ2n) is 6.45. The number of rotatable bonds is 3. The smallest absolute Gasteiger partial charge is 0.288 e. The number of hydrogen-bond donors (Lipinski definition) is 2. The molecule has 4 aromatic rings. The number of aromatic nitrogens is 6. The number of fused-ring (bicyclic) bond motifs is 2. The van der Waals surface area contributed by atoms with Gasteiger partial charge in [-0.25, -0.2) is 9.49 Å². The number of ether oxygens (including phenoxy) is 1. The van der Waals surface area contributed by atoms with Crippen LogP contribution in [0.25, 0.3) is 11.3 Å². The number of methoxy groups -OCH3 is 1. The fourth-order valence-corrected chi connectivity index (χ4v) is 3.49. The zero-order valence-electron chi connectivity index (χ0n) is 15.1. The molecule has 3 heterocycles. The summed E-state index contributed by atoms with van der Waals surface area (Å²) in [5, 5.41) is 21.5. The number of halogens is 1. The number of benzene rings is 2. The van der Waals surface area contributed by atoms with Gasteiger partial charge < -0.3 is 10.1 Å². The molecule has 2 N–H and O–H groups in total. The fourth-order valence-electron chi connectivity index (χ4n) is 3.49. The summed E-state index contributed by atoms with van der Waals surface area (Å²) >= 11 is 0. The van der Waals surface area contributed by atoms with Crippen LogP contribution in [0.5, 0.6) is 5.75 Å². The summed E-state index contributed by atoms with van der Waals surface area (Å²) in [5.41, 5.74) is 2.39. The third kappa shape index (κ3) is 2.73. The number of tetrazole rings is 1. The average Bonchev–Trinajstić information content (AvgIpc) is 3.22. The van der Waals surface area contributed by atoms with E-state index >= 15 is 0 Å². The summed E-state index contributed by atoms with van der Waals surface area (Å²) in [5.74, 6) is 0.614. The van der Waals surface area contributed by atoms with Crippen LogP contribution in [-0.2, 0) is 0 Å². The monoisotopic (exact) mass is 391 g/mol. The lowest BCUT2D eigenvalue weighted by Gasteiger charge is -2.28. The quantitative estimate of drug-likeness (QED) is 0.485. The SMILES string of the molecule is COc1cccc(C2c3c(-c4ccc(F)cc4)n[nH]c(=O)c3Nc3nnnn32)c1. The van der Waals surface area contributed by atoms with Crippen LogP contribution < -0.4 is 15.6 Å². The maximum Gasteiger partial charge on any atom is 0.288 e. The molecule has 9 nitrogen and oxygen atoms in total. The van der Waals surface area contributed by atoms with E-state index < -0.39 is 11.6 Å². The maximum atomic E-state index is 13.5. The highest BCUT2D eigenvalue weighted by molar-refractivity contribution is 5.75. The van der Waals surface area contributed by atoms with Gasteiger partial charge in [-0.2, -0.15) is 9.78 Å². The predicted octanol–water partition coefficient (Wildman–Crippen LogP) is 2.27. The third-order valence-corrected chi connectivity index (χ3v) is 4.80. The molecule has 2 aromatic heterocycles. The Balaban J connectivity index is 1.81. The molecule has 0 amide bonds. The van der Waals surface area contributed by atoms with Gasteiger partial charge >= 0.3 is 0 Å². The first-order chi connectivity index (χ1) is 14.2. The molecule has 1 aliphatic rings. The Hall–Kier alpha value is -4.08. The first kappa shape index (κ1) is 17.0. The number of H-pyrrole nitrogens is 1. The Morgan fingerprint density at radius 1 is 1.17 bits per heavy atom. The summed E-state index contributed by atoms with van der Waals surface area (Å²) in [6.45, 7) is 0. The van der Waals surface area contributed by atoms with Crippen molar-refractivity contribution in [2.45, 2.75) is 6.04 Å². The van der Waals surface area contributed by atoms with Gasteiger partial charge in [0, 0.05) is 11.1 Å². The van der Waals surface area contributed by atoms with Crippen molar-refractivity contribution in [1.29, 1.82) is 0 Å². The zero-order chi connectivity index (χ0) is 20.0. The van der Waals surface area contributed by atoms with Gasteiger partial charge in [0.2, 0.25) is 5.95 Å². The first-order valence-corrected chi connectivity index (χ1v) is 8.73. The van der Waals surface area contributed by atoms with Crippen molar-refractivity contribution in [1.82, 2.24) is 30.4 Å². The molecule has 0 fully saturated rings. The molecule has 2 aromatic carbocycles. The van der Waals surface area contributed by atoms with E-state index in [9.17, 15) is 9.18 Å². The number of nitrogens with one attached hydrogen (secondary N) is 2. The van der Waals surface area contributed by atoms with Gasteiger partial charge in [-0.3, -0.25) is 4.79 Å². The van der Waals surface area contributed by atoms with Crippen molar-refractivity contribution in [2.24, 2.45) is 0 Å². The van der Waals surface area contributed by atoms with Crippen molar-refractivity contribution >= 4 is 11.6 Å². The normalized spacial score (nSPS) is 14.6. The number of nitrogens with zero attached hydrogens (tertiary/aromatic N) is 5.